The van der Waals surface area contributed by atoms with Crippen molar-refractivity contribution in [1.82, 2.24) is 15.0 Å². The minimum atomic E-state index is -0.915. The van der Waals surface area contributed by atoms with Gasteiger partial charge in [0.25, 0.3) is 0 Å². The molecule has 1 N–H and O–H groups in total. The summed E-state index contributed by atoms with van der Waals surface area (Å²) in [5.41, 5.74) is 0. The van der Waals surface area contributed by atoms with Gasteiger partial charge in [-0.2, -0.15) is 4.98 Å². The molecule has 1 fully saturated rings. The number of rotatable bonds is 1. The Morgan fingerprint density at radius 3 is 3.00 bits per heavy atom. The Kier molecular flexibility index (Phi) is 2.57. The number of carbonyl (C=O) groups is 1. The number of aromatic nitrogens is 2. The van der Waals surface area contributed by atoms with Gasteiger partial charge in [-0.05, 0) is 19.3 Å². The second-order valence-electron chi connectivity index (χ2n) is 3.66. The van der Waals surface area contributed by atoms with Crippen LogP contribution in [0.1, 0.15) is 37.0 Å². The van der Waals surface area contributed by atoms with E-state index in [1.54, 1.807) is 6.92 Å². The van der Waals surface area contributed by atoms with E-state index in [0.29, 0.717) is 18.3 Å². The number of aryl methyl sites for hydroxylation is 1. The van der Waals surface area contributed by atoms with Gasteiger partial charge in [0.1, 0.15) is 0 Å². The van der Waals surface area contributed by atoms with E-state index >= 15 is 0 Å². The first-order valence-electron chi connectivity index (χ1n) is 4.98. The van der Waals surface area contributed by atoms with Crippen molar-refractivity contribution < 1.29 is 14.4 Å². The molecule has 0 aromatic carbocycles. The van der Waals surface area contributed by atoms with Crippen molar-refractivity contribution in [3.63, 3.8) is 0 Å². The molecule has 6 heteroatoms. The molecule has 0 saturated carbocycles. The van der Waals surface area contributed by atoms with E-state index in [9.17, 15) is 4.79 Å². The molecular formula is C9H13N3O3. The van der Waals surface area contributed by atoms with Crippen molar-refractivity contribution in [1.29, 1.82) is 0 Å². The van der Waals surface area contributed by atoms with Crippen LogP contribution in [0.3, 0.4) is 0 Å². The Hall–Kier alpha value is -1.59. The molecule has 1 aliphatic heterocycles. The standard InChI is InChI=1S/C9H13N3O3/c1-6-10-8(11-15-6)7-4-2-3-5-12(7)9(13)14/h7H,2-5H2,1H3,(H,13,14). The van der Waals surface area contributed by atoms with Gasteiger partial charge in [0.05, 0.1) is 6.04 Å². The third-order valence-corrected chi connectivity index (χ3v) is 2.59. The van der Waals surface area contributed by atoms with Crippen molar-refractivity contribution in [3.8, 4) is 0 Å². The van der Waals surface area contributed by atoms with Crippen LogP contribution in [0.2, 0.25) is 0 Å². The van der Waals surface area contributed by atoms with Crippen molar-refractivity contribution in [2.24, 2.45) is 0 Å². The van der Waals surface area contributed by atoms with E-state index in [1.165, 1.54) is 4.90 Å². The smallest absolute Gasteiger partial charge is 0.407 e. The second kappa shape index (κ2) is 3.88. The van der Waals surface area contributed by atoms with E-state index in [2.05, 4.69) is 10.1 Å². The Morgan fingerprint density at radius 1 is 1.60 bits per heavy atom. The molecule has 1 aliphatic rings. The summed E-state index contributed by atoms with van der Waals surface area (Å²) in [5, 5.41) is 12.8. The highest BCUT2D eigenvalue weighted by molar-refractivity contribution is 5.65. The molecule has 1 aromatic heterocycles. The molecule has 1 unspecified atom stereocenters. The molecule has 1 amide bonds. The highest BCUT2D eigenvalue weighted by Gasteiger charge is 2.30. The summed E-state index contributed by atoms with van der Waals surface area (Å²) >= 11 is 0. The molecule has 1 aromatic rings. The summed E-state index contributed by atoms with van der Waals surface area (Å²) < 4.78 is 4.87. The first-order chi connectivity index (χ1) is 7.18. The van der Waals surface area contributed by atoms with Crippen molar-refractivity contribution in [3.05, 3.63) is 11.7 Å². The van der Waals surface area contributed by atoms with Gasteiger partial charge in [-0.3, -0.25) is 4.90 Å². The lowest BCUT2D eigenvalue weighted by atomic mass is 10.0. The average molecular weight is 211 g/mol. The number of nitrogens with zero attached hydrogens (tertiary/aromatic N) is 3. The Bertz CT molecular complexity index is 363. The van der Waals surface area contributed by atoms with Crippen LogP contribution in [-0.2, 0) is 0 Å². The summed E-state index contributed by atoms with van der Waals surface area (Å²) in [7, 11) is 0. The van der Waals surface area contributed by atoms with Crippen LogP contribution in [0.25, 0.3) is 0 Å². The topological polar surface area (TPSA) is 79.5 Å². The second-order valence-corrected chi connectivity index (χ2v) is 3.66. The van der Waals surface area contributed by atoms with Gasteiger partial charge >= 0.3 is 6.09 Å². The molecule has 0 spiro atoms. The predicted molar refractivity (Wildman–Crippen MR) is 50.4 cm³/mol. The van der Waals surface area contributed by atoms with E-state index in [1.807, 2.05) is 0 Å². The minimum absolute atomic E-state index is 0.242. The van der Waals surface area contributed by atoms with Crippen LogP contribution in [0, 0.1) is 6.92 Å². The monoisotopic (exact) mass is 211 g/mol. The number of carboxylic acid groups (broad SMARTS) is 1. The van der Waals surface area contributed by atoms with Gasteiger partial charge in [-0.15, -0.1) is 0 Å². The van der Waals surface area contributed by atoms with Crippen LogP contribution in [0.15, 0.2) is 4.52 Å². The van der Waals surface area contributed by atoms with Crippen LogP contribution in [0.4, 0.5) is 4.79 Å². The van der Waals surface area contributed by atoms with Crippen molar-refractivity contribution >= 4 is 6.09 Å². The molecule has 2 rings (SSSR count). The van der Waals surface area contributed by atoms with E-state index in [-0.39, 0.29) is 6.04 Å². The maximum absolute atomic E-state index is 11.0. The average Bonchev–Trinajstić information content (AvgIpc) is 2.65. The summed E-state index contributed by atoms with van der Waals surface area (Å²) in [5.74, 6) is 0.954. The molecule has 1 saturated heterocycles. The largest absolute Gasteiger partial charge is 0.465 e. The summed E-state index contributed by atoms with van der Waals surface area (Å²) in [6, 6.07) is -0.242. The third kappa shape index (κ3) is 1.93. The lowest BCUT2D eigenvalue weighted by Gasteiger charge is -2.31. The Balaban J connectivity index is 2.21. The first-order valence-corrected chi connectivity index (χ1v) is 4.98. The SMILES string of the molecule is Cc1nc(C2CCCCN2C(=O)O)no1. The molecular weight excluding hydrogens is 198 g/mol. The van der Waals surface area contributed by atoms with Gasteiger partial charge in [-0.25, -0.2) is 4.79 Å². The van der Waals surface area contributed by atoms with E-state index < -0.39 is 6.09 Å². The highest BCUT2D eigenvalue weighted by Crippen LogP contribution is 2.28. The highest BCUT2D eigenvalue weighted by atomic mass is 16.5. The fourth-order valence-electron chi connectivity index (χ4n) is 1.88. The minimum Gasteiger partial charge on any atom is -0.465 e. The van der Waals surface area contributed by atoms with E-state index in [4.69, 9.17) is 9.63 Å². The zero-order valence-corrected chi connectivity index (χ0v) is 8.51. The van der Waals surface area contributed by atoms with E-state index in [0.717, 1.165) is 19.3 Å². The van der Waals surface area contributed by atoms with Crippen LogP contribution >= 0.6 is 0 Å². The Labute approximate surface area is 86.9 Å². The maximum atomic E-state index is 11.0. The first kappa shape index (κ1) is 9.95. The van der Waals surface area contributed by atoms with Gasteiger partial charge < -0.3 is 9.63 Å². The summed E-state index contributed by atoms with van der Waals surface area (Å²) in [6.07, 6.45) is 1.76. The van der Waals surface area contributed by atoms with Crippen molar-refractivity contribution in [2.75, 3.05) is 6.54 Å². The molecule has 0 bridgehead atoms. The number of amides is 1. The lowest BCUT2D eigenvalue weighted by Crippen LogP contribution is -2.37. The number of hydrogen-bond acceptors (Lipinski definition) is 4. The van der Waals surface area contributed by atoms with Gasteiger partial charge in [0.2, 0.25) is 5.89 Å². The molecule has 1 atom stereocenters. The molecule has 0 radical (unpaired) electrons. The third-order valence-electron chi connectivity index (χ3n) is 2.59. The summed E-state index contributed by atoms with van der Waals surface area (Å²) in [4.78, 5) is 16.5. The molecule has 15 heavy (non-hydrogen) atoms. The quantitative estimate of drug-likeness (QED) is 0.762. The number of hydrogen-bond donors (Lipinski definition) is 1. The van der Waals surface area contributed by atoms with Gasteiger partial charge in [-0.1, -0.05) is 5.16 Å². The fraction of sp³-hybridized carbons (Fsp3) is 0.667. The molecule has 0 aliphatic carbocycles. The van der Waals surface area contributed by atoms with Gasteiger partial charge in [0, 0.05) is 13.5 Å². The predicted octanol–water partition coefficient (Wildman–Crippen LogP) is 1.58. The molecule has 6 nitrogen and oxygen atoms in total. The fourth-order valence-corrected chi connectivity index (χ4v) is 1.88. The number of likely N-dealkylation sites (tertiary alicyclic amines) is 1. The van der Waals surface area contributed by atoms with Crippen molar-refractivity contribution in [2.45, 2.75) is 32.2 Å². The normalized spacial score (nSPS) is 21.7. The zero-order valence-electron chi connectivity index (χ0n) is 8.51. The molecule has 2 heterocycles. The maximum Gasteiger partial charge on any atom is 0.407 e. The zero-order chi connectivity index (χ0) is 10.8. The van der Waals surface area contributed by atoms with Gasteiger partial charge in [0.15, 0.2) is 5.82 Å². The van der Waals surface area contributed by atoms with Crippen LogP contribution in [0.5, 0.6) is 0 Å². The van der Waals surface area contributed by atoms with Crippen LogP contribution < -0.4 is 0 Å². The Morgan fingerprint density at radius 2 is 2.40 bits per heavy atom. The molecule has 82 valence electrons. The van der Waals surface area contributed by atoms with Crippen LogP contribution in [-0.4, -0.2) is 32.8 Å². The number of piperidine rings is 1. The lowest BCUT2D eigenvalue weighted by molar-refractivity contribution is 0.103. The summed E-state index contributed by atoms with van der Waals surface area (Å²) in [6.45, 7) is 2.25.